The smallest absolute Gasteiger partial charge is 0.337 e. The van der Waals surface area contributed by atoms with Crippen LogP contribution in [-0.2, 0) is 4.79 Å². The number of carboxylic acid groups (broad SMARTS) is 1. The molecule has 0 atom stereocenters. The summed E-state index contributed by atoms with van der Waals surface area (Å²) in [5.74, 6) is -0.102. The zero-order valence-electron chi connectivity index (χ0n) is 5.33. The average molecular weight is 157 g/mol. The first-order valence-corrected chi connectivity index (χ1v) is 3.80. The summed E-state index contributed by atoms with van der Waals surface area (Å²) in [7, 11) is 0. The monoisotopic (exact) mass is 157 g/mol. The van der Waals surface area contributed by atoms with Gasteiger partial charge in [0.2, 0.25) is 0 Å². The normalized spacial score (nSPS) is 16.6. The first kappa shape index (κ1) is 7.34. The van der Waals surface area contributed by atoms with Gasteiger partial charge in [-0.25, -0.2) is 4.79 Å². The summed E-state index contributed by atoms with van der Waals surface area (Å²) in [6.07, 6.45) is 0. The highest BCUT2D eigenvalue weighted by Crippen LogP contribution is 2.17. The van der Waals surface area contributed by atoms with Crippen molar-refractivity contribution in [2.45, 2.75) is 0 Å². The van der Waals surface area contributed by atoms with Gasteiger partial charge in [-0.1, -0.05) is 6.58 Å². The molecular weight excluding hydrogens is 150 g/mol. The molecule has 0 unspecified atom stereocenters. The SMILES string of the molecule is C=C(C(=O)O)C1=NCCS1. The number of hydrogen-bond acceptors (Lipinski definition) is 3. The van der Waals surface area contributed by atoms with Gasteiger partial charge in [-0.2, -0.15) is 0 Å². The van der Waals surface area contributed by atoms with Crippen LogP contribution >= 0.6 is 11.8 Å². The van der Waals surface area contributed by atoms with E-state index in [1.165, 1.54) is 11.8 Å². The second-order valence-corrected chi connectivity index (χ2v) is 2.90. The molecule has 0 saturated carbocycles. The molecule has 10 heavy (non-hydrogen) atoms. The second-order valence-electron chi connectivity index (χ2n) is 1.82. The molecule has 0 spiro atoms. The van der Waals surface area contributed by atoms with E-state index in [2.05, 4.69) is 11.6 Å². The van der Waals surface area contributed by atoms with Crippen LogP contribution in [0, 0.1) is 0 Å². The van der Waals surface area contributed by atoms with E-state index in [1.807, 2.05) is 0 Å². The van der Waals surface area contributed by atoms with Crippen molar-refractivity contribution in [1.29, 1.82) is 0 Å². The predicted molar refractivity (Wildman–Crippen MR) is 41.5 cm³/mol. The van der Waals surface area contributed by atoms with Gasteiger partial charge in [-0.05, 0) is 0 Å². The molecule has 54 valence electrons. The minimum absolute atomic E-state index is 0.113. The molecule has 1 heterocycles. The van der Waals surface area contributed by atoms with E-state index in [9.17, 15) is 4.79 Å². The number of carboxylic acids is 1. The fourth-order valence-corrected chi connectivity index (χ4v) is 1.43. The Labute approximate surface area is 62.8 Å². The molecule has 0 aromatic carbocycles. The Morgan fingerprint density at radius 2 is 2.50 bits per heavy atom. The van der Waals surface area contributed by atoms with Gasteiger partial charge >= 0.3 is 5.97 Å². The Balaban J connectivity index is 2.65. The summed E-state index contributed by atoms with van der Waals surface area (Å²) in [5, 5.41) is 9.03. The molecule has 0 aromatic rings. The topological polar surface area (TPSA) is 49.7 Å². The molecule has 1 rings (SSSR count). The maximum Gasteiger partial charge on any atom is 0.337 e. The van der Waals surface area contributed by atoms with E-state index in [-0.39, 0.29) is 5.57 Å². The maximum absolute atomic E-state index is 10.3. The lowest BCUT2D eigenvalue weighted by Gasteiger charge is -1.95. The number of nitrogens with zero attached hydrogens (tertiary/aromatic N) is 1. The van der Waals surface area contributed by atoms with Crippen LogP contribution in [0.5, 0.6) is 0 Å². The summed E-state index contributed by atoms with van der Waals surface area (Å²) < 4.78 is 0. The lowest BCUT2D eigenvalue weighted by atomic mass is 10.3. The lowest BCUT2D eigenvalue weighted by molar-refractivity contribution is -0.131. The summed E-state index contributed by atoms with van der Waals surface area (Å²) in [6.45, 7) is 4.10. The van der Waals surface area contributed by atoms with Gasteiger partial charge in [0.05, 0.1) is 5.57 Å². The van der Waals surface area contributed by atoms with Crippen molar-refractivity contribution < 1.29 is 9.90 Å². The van der Waals surface area contributed by atoms with Crippen LogP contribution in [0.4, 0.5) is 0 Å². The number of aliphatic imine (C=N–C) groups is 1. The largest absolute Gasteiger partial charge is 0.478 e. The number of thioether (sulfide) groups is 1. The van der Waals surface area contributed by atoms with E-state index >= 15 is 0 Å². The average Bonchev–Trinajstić information content (AvgIpc) is 2.36. The molecule has 0 amide bonds. The first-order chi connectivity index (χ1) is 4.72. The number of hydrogen-bond donors (Lipinski definition) is 1. The minimum atomic E-state index is -0.979. The van der Waals surface area contributed by atoms with E-state index in [0.29, 0.717) is 11.6 Å². The number of carbonyl (C=O) groups is 1. The van der Waals surface area contributed by atoms with E-state index in [1.54, 1.807) is 0 Å². The molecule has 1 aliphatic heterocycles. The molecule has 0 fully saturated rings. The van der Waals surface area contributed by atoms with Gasteiger partial charge in [0.1, 0.15) is 5.04 Å². The molecule has 0 aromatic heterocycles. The van der Waals surface area contributed by atoms with Crippen LogP contribution in [0.1, 0.15) is 0 Å². The van der Waals surface area contributed by atoms with Gasteiger partial charge < -0.3 is 5.11 Å². The van der Waals surface area contributed by atoms with E-state index in [0.717, 1.165) is 5.75 Å². The molecule has 0 radical (unpaired) electrons. The minimum Gasteiger partial charge on any atom is -0.478 e. The molecule has 0 saturated heterocycles. The Morgan fingerprint density at radius 3 is 2.90 bits per heavy atom. The van der Waals surface area contributed by atoms with Crippen LogP contribution in [0.25, 0.3) is 0 Å². The van der Waals surface area contributed by atoms with Gasteiger partial charge in [-0.15, -0.1) is 11.8 Å². The highest BCUT2D eigenvalue weighted by molar-refractivity contribution is 8.14. The Kier molecular flexibility index (Phi) is 2.11. The standard InChI is InChI=1S/C6H7NO2S/c1-4(6(8)9)5-7-2-3-10-5/h1-3H2,(H,8,9). The fraction of sp³-hybridized carbons (Fsp3) is 0.333. The van der Waals surface area contributed by atoms with Crippen LogP contribution in [0.2, 0.25) is 0 Å². The molecular formula is C6H7NO2S. The summed E-state index contributed by atoms with van der Waals surface area (Å²) in [5.41, 5.74) is 0.113. The first-order valence-electron chi connectivity index (χ1n) is 2.81. The molecule has 3 nitrogen and oxygen atoms in total. The van der Waals surface area contributed by atoms with Gasteiger partial charge in [0.25, 0.3) is 0 Å². The third-order valence-electron chi connectivity index (χ3n) is 1.10. The number of aliphatic carboxylic acids is 1. The summed E-state index contributed by atoms with van der Waals surface area (Å²) in [6, 6.07) is 0. The van der Waals surface area contributed by atoms with E-state index < -0.39 is 5.97 Å². The summed E-state index contributed by atoms with van der Waals surface area (Å²) >= 11 is 1.45. The second kappa shape index (κ2) is 2.88. The van der Waals surface area contributed by atoms with Gasteiger partial charge in [0.15, 0.2) is 0 Å². The molecule has 1 N–H and O–H groups in total. The Bertz CT molecular complexity index is 210. The van der Waals surface area contributed by atoms with Crippen LogP contribution in [0.15, 0.2) is 17.1 Å². The maximum atomic E-state index is 10.3. The van der Waals surface area contributed by atoms with Gasteiger partial charge in [-0.3, -0.25) is 4.99 Å². The van der Waals surface area contributed by atoms with Crippen molar-refractivity contribution in [3.05, 3.63) is 12.2 Å². The van der Waals surface area contributed by atoms with Crippen LogP contribution < -0.4 is 0 Å². The van der Waals surface area contributed by atoms with Crippen molar-refractivity contribution in [1.82, 2.24) is 0 Å². The summed E-state index contributed by atoms with van der Waals surface area (Å²) in [4.78, 5) is 14.2. The molecule has 4 heteroatoms. The predicted octanol–water partition coefficient (Wildman–Crippen LogP) is 0.772. The van der Waals surface area contributed by atoms with Gasteiger partial charge in [0, 0.05) is 12.3 Å². The Hall–Kier alpha value is -0.770. The van der Waals surface area contributed by atoms with Crippen molar-refractivity contribution in [2.24, 2.45) is 4.99 Å². The molecule has 0 bridgehead atoms. The highest BCUT2D eigenvalue weighted by atomic mass is 32.2. The zero-order chi connectivity index (χ0) is 7.56. The Morgan fingerprint density at radius 1 is 1.80 bits per heavy atom. The third-order valence-corrected chi connectivity index (χ3v) is 2.14. The number of rotatable bonds is 2. The van der Waals surface area contributed by atoms with Crippen molar-refractivity contribution in [3.63, 3.8) is 0 Å². The van der Waals surface area contributed by atoms with Crippen LogP contribution in [-0.4, -0.2) is 28.4 Å². The van der Waals surface area contributed by atoms with Crippen molar-refractivity contribution in [2.75, 3.05) is 12.3 Å². The third kappa shape index (κ3) is 1.39. The van der Waals surface area contributed by atoms with E-state index in [4.69, 9.17) is 5.11 Å². The lowest BCUT2D eigenvalue weighted by Crippen LogP contribution is -2.05. The fourth-order valence-electron chi connectivity index (χ4n) is 0.609. The highest BCUT2D eigenvalue weighted by Gasteiger charge is 2.15. The quantitative estimate of drug-likeness (QED) is 0.602. The zero-order valence-corrected chi connectivity index (χ0v) is 6.15. The molecule has 0 aliphatic carbocycles. The van der Waals surface area contributed by atoms with Crippen LogP contribution in [0.3, 0.4) is 0 Å². The van der Waals surface area contributed by atoms with Crippen molar-refractivity contribution in [3.8, 4) is 0 Å². The van der Waals surface area contributed by atoms with Crippen molar-refractivity contribution >= 4 is 22.8 Å². The molecule has 1 aliphatic rings.